The van der Waals surface area contributed by atoms with Crippen molar-refractivity contribution in [3.63, 3.8) is 0 Å². The monoisotopic (exact) mass is 288 g/mol. The van der Waals surface area contributed by atoms with Crippen molar-refractivity contribution in [1.29, 1.82) is 0 Å². The highest BCUT2D eigenvalue weighted by molar-refractivity contribution is 6.33. The molecule has 0 radical (unpaired) electrons. The molecule has 3 N–H and O–H groups in total. The third-order valence-corrected chi connectivity index (χ3v) is 3.17. The molecule has 0 saturated carbocycles. The van der Waals surface area contributed by atoms with Crippen LogP contribution in [0.4, 0.5) is 5.69 Å². The van der Waals surface area contributed by atoms with Crippen LogP contribution in [0.5, 0.6) is 0 Å². The summed E-state index contributed by atoms with van der Waals surface area (Å²) in [6.07, 6.45) is 0. The maximum absolute atomic E-state index is 11.4. The molecule has 7 heteroatoms. The van der Waals surface area contributed by atoms with Gasteiger partial charge in [-0.2, -0.15) is 0 Å². The minimum Gasteiger partial charge on any atom is -0.478 e. The molecule has 0 fully saturated rings. The number of para-hydroxylation sites is 1. The predicted octanol–water partition coefficient (Wildman–Crippen LogP) is 2.35. The van der Waals surface area contributed by atoms with E-state index in [-0.39, 0.29) is 22.0 Å². The summed E-state index contributed by atoms with van der Waals surface area (Å²) in [5.41, 5.74) is 7.46. The first kappa shape index (κ1) is 12.4. The normalized spacial score (nSPS) is 10.8. The quantitative estimate of drug-likeness (QED) is 0.706. The van der Waals surface area contributed by atoms with Gasteiger partial charge >= 0.3 is 5.97 Å². The van der Waals surface area contributed by atoms with E-state index in [1.54, 1.807) is 12.1 Å². The number of fused-ring (bicyclic) bond motifs is 1. The minimum absolute atomic E-state index is 0.0225. The number of carboxylic acid groups (broad SMARTS) is 1. The maximum atomic E-state index is 11.4. The molecule has 3 rings (SSSR count). The van der Waals surface area contributed by atoms with Gasteiger partial charge in [-0.1, -0.05) is 28.9 Å². The number of halogens is 1. The first-order valence-electron chi connectivity index (χ1n) is 5.71. The summed E-state index contributed by atoms with van der Waals surface area (Å²) in [5, 5.41) is 17.5. The molecule has 100 valence electrons. The summed E-state index contributed by atoms with van der Waals surface area (Å²) in [4.78, 5) is 11.4. The van der Waals surface area contributed by atoms with Gasteiger partial charge in [-0.15, -0.1) is 5.10 Å². The maximum Gasteiger partial charge on any atom is 0.338 e. The van der Waals surface area contributed by atoms with Crippen LogP contribution in [0.3, 0.4) is 0 Å². The van der Waals surface area contributed by atoms with E-state index in [0.717, 1.165) is 0 Å². The van der Waals surface area contributed by atoms with E-state index in [2.05, 4.69) is 10.3 Å². The van der Waals surface area contributed by atoms with Gasteiger partial charge < -0.3 is 10.8 Å². The number of benzene rings is 2. The zero-order valence-corrected chi connectivity index (χ0v) is 10.9. The Bertz CT molecular complexity index is 828. The van der Waals surface area contributed by atoms with Crippen LogP contribution in [0.25, 0.3) is 16.7 Å². The Balaban J connectivity index is 2.37. The highest BCUT2D eigenvalue weighted by atomic mass is 35.5. The second-order valence-corrected chi connectivity index (χ2v) is 4.60. The molecule has 0 aliphatic rings. The van der Waals surface area contributed by atoms with Crippen molar-refractivity contribution in [2.24, 2.45) is 0 Å². The number of hydrogen-bond acceptors (Lipinski definition) is 4. The Morgan fingerprint density at radius 2 is 2.05 bits per heavy atom. The molecule has 1 heterocycles. The molecule has 6 nitrogen and oxygen atoms in total. The van der Waals surface area contributed by atoms with Crippen molar-refractivity contribution >= 4 is 34.3 Å². The van der Waals surface area contributed by atoms with Gasteiger partial charge in [-0.25, -0.2) is 9.48 Å². The van der Waals surface area contributed by atoms with E-state index in [4.69, 9.17) is 17.3 Å². The van der Waals surface area contributed by atoms with Crippen molar-refractivity contribution < 1.29 is 9.90 Å². The lowest BCUT2D eigenvalue weighted by Crippen LogP contribution is -2.08. The fourth-order valence-electron chi connectivity index (χ4n) is 2.03. The van der Waals surface area contributed by atoms with Crippen LogP contribution in [-0.2, 0) is 0 Å². The van der Waals surface area contributed by atoms with E-state index in [9.17, 15) is 9.90 Å². The van der Waals surface area contributed by atoms with Crippen molar-refractivity contribution in [3.05, 3.63) is 47.0 Å². The smallest absolute Gasteiger partial charge is 0.338 e. The third-order valence-electron chi connectivity index (χ3n) is 2.88. The Morgan fingerprint density at radius 3 is 2.80 bits per heavy atom. The number of carbonyl (C=O) groups is 1. The van der Waals surface area contributed by atoms with Gasteiger partial charge in [0.2, 0.25) is 0 Å². The van der Waals surface area contributed by atoms with E-state index in [1.807, 2.05) is 12.1 Å². The molecule has 0 aliphatic heterocycles. The lowest BCUT2D eigenvalue weighted by Gasteiger charge is -2.10. The molecular weight excluding hydrogens is 280 g/mol. The topological polar surface area (TPSA) is 94.0 Å². The Hall–Kier alpha value is -2.60. The van der Waals surface area contributed by atoms with Crippen molar-refractivity contribution in [3.8, 4) is 5.69 Å². The highest BCUT2D eigenvalue weighted by Crippen LogP contribution is 2.29. The molecule has 0 unspecified atom stereocenters. The summed E-state index contributed by atoms with van der Waals surface area (Å²) in [5.74, 6) is -1.13. The van der Waals surface area contributed by atoms with E-state index in [0.29, 0.717) is 11.0 Å². The first-order valence-corrected chi connectivity index (χ1v) is 6.09. The van der Waals surface area contributed by atoms with E-state index >= 15 is 0 Å². The van der Waals surface area contributed by atoms with Gasteiger partial charge in [-0.05, 0) is 24.3 Å². The zero-order chi connectivity index (χ0) is 14.3. The van der Waals surface area contributed by atoms with E-state index in [1.165, 1.54) is 16.8 Å². The number of nitrogens with zero attached hydrogens (tertiary/aromatic N) is 3. The van der Waals surface area contributed by atoms with Crippen molar-refractivity contribution in [2.75, 3.05) is 5.73 Å². The molecule has 2 aromatic carbocycles. The number of aromatic nitrogens is 3. The van der Waals surface area contributed by atoms with Crippen molar-refractivity contribution in [2.45, 2.75) is 0 Å². The summed E-state index contributed by atoms with van der Waals surface area (Å²) >= 11 is 6.14. The average molecular weight is 289 g/mol. The van der Waals surface area contributed by atoms with Gasteiger partial charge in [-0.3, -0.25) is 0 Å². The summed E-state index contributed by atoms with van der Waals surface area (Å²) < 4.78 is 1.40. The number of hydrogen-bond donors (Lipinski definition) is 2. The molecule has 3 aromatic rings. The molecule has 20 heavy (non-hydrogen) atoms. The Labute approximate surface area is 118 Å². The summed E-state index contributed by atoms with van der Waals surface area (Å²) in [6, 6.07) is 10.0. The van der Waals surface area contributed by atoms with Crippen LogP contribution in [0.1, 0.15) is 10.4 Å². The van der Waals surface area contributed by atoms with Gasteiger partial charge in [0, 0.05) is 5.69 Å². The molecule has 0 spiro atoms. The third kappa shape index (κ3) is 1.86. The first-order chi connectivity index (χ1) is 9.58. The fraction of sp³-hybridized carbons (Fsp3) is 0. The predicted molar refractivity (Wildman–Crippen MR) is 75.2 cm³/mol. The standard InChI is InChI=1S/C13H9ClN4O2/c14-9-6-7(15)5-8(13(19)20)12(9)18-11-4-2-1-3-10(11)16-17-18/h1-6H,15H2,(H,19,20). The molecule has 0 saturated heterocycles. The van der Waals surface area contributed by atoms with Gasteiger partial charge in [0.15, 0.2) is 0 Å². The van der Waals surface area contributed by atoms with E-state index < -0.39 is 5.97 Å². The van der Waals surface area contributed by atoms with Crippen LogP contribution in [0.2, 0.25) is 5.02 Å². The number of rotatable bonds is 2. The van der Waals surface area contributed by atoms with Gasteiger partial charge in [0.1, 0.15) is 11.2 Å². The van der Waals surface area contributed by atoms with Crippen molar-refractivity contribution in [1.82, 2.24) is 15.0 Å². The largest absolute Gasteiger partial charge is 0.478 e. The fourth-order valence-corrected chi connectivity index (χ4v) is 2.34. The number of anilines is 1. The van der Waals surface area contributed by atoms with Gasteiger partial charge in [0.05, 0.1) is 16.1 Å². The Kier molecular flexibility index (Phi) is 2.80. The molecule has 1 aromatic heterocycles. The number of nitrogens with two attached hydrogens (primary N) is 1. The SMILES string of the molecule is Nc1cc(Cl)c(-n2nnc3ccccc32)c(C(=O)O)c1. The van der Waals surface area contributed by atoms with Crippen LogP contribution in [0.15, 0.2) is 36.4 Å². The van der Waals surface area contributed by atoms with Crippen LogP contribution in [0, 0.1) is 0 Å². The highest BCUT2D eigenvalue weighted by Gasteiger charge is 2.19. The molecule has 0 amide bonds. The minimum atomic E-state index is -1.13. The number of nitrogen functional groups attached to an aromatic ring is 1. The summed E-state index contributed by atoms with van der Waals surface area (Å²) in [7, 11) is 0. The molecule has 0 aliphatic carbocycles. The average Bonchev–Trinajstić information content (AvgIpc) is 2.81. The lowest BCUT2D eigenvalue weighted by atomic mass is 10.1. The number of aromatic carboxylic acids is 1. The lowest BCUT2D eigenvalue weighted by molar-refractivity contribution is 0.0697. The van der Waals surface area contributed by atoms with Crippen LogP contribution in [-0.4, -0.2) is 26.1 Å². The molecular formula is C13H9ClN4O2. The Morgan fingerprint density at radius 1 is 1.30 bits per heavy atom. The second-order valence-electron chi connectivity index (χ2n) is 4.19. The van der Waals surface area contributed by atoms with Gasteiger partial charge in [0.25, 0.3) is 0 Å². The van der Waals surface area contributed by atoms with Crippen LogP contribution < -0.4 is 5.73 Å². The zero-order valence-electron chi connectivity index (χ0n) is 10.1. The summed E-state index contributed by atoms with van der Waals surface area (Å²) in [6.45, 7) is 0. The molecule has 0 atom stereocenters. The number of carboxylic acids is 1. The second kappa shape index (κ2) is 4.50. The molecule has 0 bridgehead atoms. The van der Waals surface area contributed by atoms with Crippen LogP contribution >= 0.6 is 11.6 Å².